The summed E-state index contributed by atoms with van der Waals surface area (Å²) >= 11 is 0. The smallest absolute Gasteiger partial charge is 2.00 e. The van der Waals surface area contributed by atoms with Crippen LogP contribution in [0.15, 0.2) is 0 Å². The van der Waals surface area contributed by atoms with Crippen molar-refractivity contribution in [3.8, 4) is 0 Å². The average Bonchev–Trinajstić information content (AvgIpc) is 0. The molecule has 0 aliphatic rings. The zero-order chi connectivity index (χ0) is 0. The van der Waals surface area contributed by atoms with Gasteiger partial charge in [-0.25, -0.2) is 0 Å². The molecule has 56 valence electrons. The molecule has 11 heavy (non-hydrogen) atoms. The summed E-state index contributed by atoms with van der Waals surface area (Å²) in [6.07, 6.45) is 0. The van der Waals surface area contributed by atoms with E-state index in [1.54, 1.807) is 0 Å². The summed E-state index contributed by atoms with van der Waals surface area (Å²) in [6, 6.07) is 0. The van der Waals surface area contributed by atoms with Crippen molar-refractivity contribution in [3.63, 3.8) is 0 Å². The van der Waals surface area contributed by atoms with E-state index >= 15 is 0 Å². The van der Waals surface area contributed by atoms with Crippen LogP contribution in [-0.4, -0.2) is 97.8 Å². The van der Waals surface area contributed by atoms with Gasteiger partial charge in [-0.3, -0.25) is 0 Å². The molecule has 0 rings (SSSR count). The van der Waals surface area contributed by atoms with Crippen LogP contribution in [0.5, 0.6) is 0 Å². The van der Waals surface area contributed by atoms with E-state index in [0.29, 0.717) is 0 Å². The summed E-state index contributed by atoms with van der Waals surface area (Å²) in [4.78, 5) is 0. The van der Waals surface area contributed by atoms with Crippen LogP contribution in [0, 0.1) is 0 Å². The molecular formula is Ba2Nb2O7. The fourth-order valence-corrected chi connectivity index (χ4v) is 0. The van der Waals surface area contributed by atoms with Crippen LogP contribution >= 0.6 is 0 Å². The second kappa shape index (κ2) is 135. The first-order valence-corrected chi connectivity index (χ1v) is 0. The summed E-state index contributed by atoms with van der Waals surface area (Å²) < 4.78 is 0. The molecule has 0 aromatic heterocycles. The fraction of sp³-hybridized carbons (Fsp3) is 0. The van der Waals surface area contributed by atoms with E-state index in [2.05, 4.69) is 0 Å². The zero-order valence-corrected chi connectivity index (χ0v) is 18.4. The second-order valence-corrected chi connectivity index (χ2v) is 0. The van der Waals surface area contributed by atoms with Crippen LogP contribution in [0.2, 0.25) is 0 Å². The van der Waals surface area contributed by atoms with Crippen molar-refractivity contribution in [1.29, 1.82) is 0 Å². The molecule has 7 nitrogen and oxygen atoms in total. The molecular weight excluding hydrogens is 572 g/mol. The van der Waals surface area contributed by atoms with Gasteiger partial charge in [0.15, 0.2) is 0 Å². The molecule has 0 saturated heterocycles. The summed E-state index contributed by atoms with van der Waals surface area (Å²) in [5.74, 6) is 0. The first-order valence-electron chi connectivity index (χ1n) is 0. The molecule has 0 aliphatic carbocycles. The Labute approximate surface area is 176 Å². The van der Waals surface area contributed by atoms with Gasteiger partial charge in [-0.1, -0.05) is 0 Å². The average molecular weight is 572 g/mol. The van der Waals surface area contributed by atoms with Crippen molar-refractivity contribution in [1.82, 2.24) is 0 Å². The van der Waals surface area contributed by atoms with E-state index in [1.807, 2.05) is 0 Å². The summed E-state index contributed by atoms with van der Waals surface area (Å²) in [5.41, 5.74) is 0. The van der Waals surface area contributed by atoms with Gasteiger partial charge in [-0.05, 0) is 0 Å². The summed E-state index contributed by atoms with van der Waals surface area (Å²) in [7, 11) is 0. The Hall–Kier alpha value is 4.34. The molecule has 0 N–H and O–H groups in total. The monoisotopic (exact) mass is 574 g/mol. The fourth-order valence-electron chi connectivity index (χ4n) is 0. The predicted molar refractivity (Wildman–Crippen MR) is 16.3 cm³/mol. The molecule has 0 atom stereocenters. The van der Waals surface area contributed by atoms with E-state index < -0.39 is 0 Å². The Bertz CT molecular complexity index is 14.4. The summed E-state index contributed by atoms with van der Waals surface area (Å²) in [6.45, 7) is 0. The van der Waals surface area contributed by atoms with Gasteiger partial charge < -0.3 is 38.3 Å². The molecule has 11 heteroatoms. The number of hydrogen-bond donors (Lipinski definition) is 0. The molecule has 0 unspecified atom stereocenters. The Kier molecular flexibility index (Phi) is 2060. The van der Waals surface area contributed by atoms with Crippen LogP contribution in [0.3, 0.4) is 0 Å². The molecule has 0 radical (unpaired) electrons. The maximum Gasteiger partial charge on any atom is 5.00 e. The Morgan fingerprint density at radius 3 is 0.273 bits per heavy atom. The minimum Gasteiger partial charge on any atom is -2.00 e. The van der Waals surface area contributed by atoms with Crippen molar-refractivity contribution >= 4 is 97.8 Å². The van der Waals surface area contributed by atoms with E-state index in [1.165, 1.54) is 0 Å². The molecule has 0 aromatic carbocycles. The van der Waals surface area contributed by atoms with E-state index in [9.17, 15) is 0 Å². The maximum atomic E-state index is 0. The van der Waals surface area contributed by atoms with E-state index in [-0.39, 0.29) is 181 Å². The van der Waals surface area contributed by atoms with Crippen molar-refractivity contribution in [2.24, 2.45) is 0 Å². The molecule has 0 saturated carbocycles. The minimum absolute atomic E-state index is 0. The van der Waals surface area contributed by atoms with Gasteiger partial charge >= 0.3 is 143 Å². The van der Waals surface area contributed by atoms with Crippen LogP contribution in [-0.2, 0) is 83.1 Å². The van der Waals surface area contributed by atoms with Crippen LogP contribution in [0.25, 0.3) is 0 Å². The maximum absolute atomic E-state index is 0. The number of hydrogen-bond acceptors (Lipinski definition) is 0. The Morgan fingerprint density at radius 1 is 0.273 bits per heavy atom. The molecule has 0 fully saturated rings. The molecule has 0 bridgehead atoms. The van der Waals surface area contributed by atoms with Gasteiger partial charge in [0.2, 0.25) is 0 Å². The van der Waals surface area contributed by atoms with E-state index in [4.69, 9.17) is 0 Å². The zero-order valence-electron chi connectivity index (χ0n) is 5.17. The third-order valence-electron chi connectivity index (χ3n) is 0. The molecule has 0 aromatic rings. The minimum atomic E-state index is 0. The standard InChI is InChI=1S/2Ba.2Nb.7O/q2*+2;2*+5;7*-2. The van der Waals surface area contributed by atoms with Crippen LogP contribution < -0.4 is 0 Å². The van der Waals surface area contributed by atoms with Gasteiger partial charge in [-0.15, -0.1) is 0 Å². The van der Waals surface area contributed by atoms with Gasteiger partial charge in [0, 0.05) is 0 Å². The largest absolute Gasteiger partial charge is 5.00 e. The molecule has 0 amide bonds. The SMILES string of the molecule is [Ba+2].[Ba+2].[Nb+5].[Nb+5].[O-2].[O-2].[O-2].[O-2].[O-2].[O-2].[O-2]. The van der Waals surface area contributed by atoms with Crippen molar-refractivity contribution in [2.45, 2.75) is 0 Å². The van der Waals surface area contributed by atoms with Gasteiger partial charge in [-0.2, -0.15) is 0 Å². The quantitative estimate of drug-likeness (QED) is 0.302. The third kappa shape index (κ3) is 116. The van der Waals surface area contributed by atoms with Crippen molar-refractivity contribution < 1.29 is 83.1 Å². The number of rotatable bonds is 0. The molecule has 0 spiro atoms. The van der Waals surface area contributed by atoms with Gasteiger partial charge in [0.1, 0.15) is 0 Å². The summed E-state index contributed by atoms with van der Waals surface area (Å²) in [5, 5.41) is 0. The third-order valence-corrected chi connectivity index (χ3v) is 0. The Balaban J connectivity index is 0. The van der Waals surface area contributed by atoms with Gasteiger partial charge in [0.05, 0.1) is 0 Å². The second-order valence-electron chi connectivity index (χ2n) is 0. The molecule has 0 aliphatic heterocycles. The van der Waals surface area contributed by atoms with E-state index in [0.717, 1.165) is 0 Å². The van der Waals surface area contributed by atoms with Crippen LogP contribution in [0.4, 0.5) is 0 Å². The first-order chi connectivity index (χ1) is 0. The normalized spacial score (nSPS) is 0. The predicted octanol–water partition coefficient (Wildman–Crippen LogP) is -1.60. The van der Waals surface area contributed by atoms with Crippen molar-refractivity contribution in [2.75, 3.05) is 0 Å². The van der Waals surface area contributed by atoms with Crippen LogP contribution in [0.1, 0.15) is 0 Å². The molecule has 0 heterocycles. The van der Waals surface area contributed by atoms with Crippen molar-refractivity contribution in [3.05, 3.63) is 0 Å². The topological polar surface area (TPSA) is 200 Å². The Morgan fingerprint density at radius 2 is 0.273 bits per heavy atom. The van der Waals surface area contributed by atoms with Gasteiger partial charge in [0.25, 0.3) is 0 Å². The first kappa shape index (κ1) is 167.